The highest BCUT2D eigenvalue weighted by molar-refractivity contribution is 5.89. The third kappa shape index (κ3) is 5.91. The van der Waals surface area contributed by atoms with E-state index in [1.54, 1.807) is 41.2 Å². The molecule has 7 nitrogen and oxygen atoms in total. The molecule has 0 atom stereocenters. The molecule has 0 radical (unpaired) electrons. The van der Waals surface area contributed by atoms with E-state index in [4.69, 9.17) is 4.74 Å². The maximum atomic E-state index is 12.7. The second-order valence-electron chi connectivity index (χ2n) is 7.68. The molecule has 1 aliphatic rings. The van der Waals surface area contributed by atoms with Crippen LogP contribution in [0.25, 0.3) is 6.08 Å². The zero-order valence-electron chi connectivity index (χ0n) is 17.8. The lowest BCUT2D eigenvalue weighted by molar-refractivity contribution is -0.137. The van der Waals surface area contributed by atoms with Crippen molar-refractivity contribution in [1.29, 1.82) is 0 Å². The van der Waals surface area contributed by atoms with E-state index in [1.165, 1.54) is 11.6 Å². The molecule has 172 valence electrons. The summed E-state index contributed by atoms with van der Waals surface area (Å²) in [5, 5.41) is 6.87. The van der Waals surface area contributed by atoms with Crippen LogP contribution in [-0.2, 0) is 13.2 Å². The van der Waals surface area contributed by atoms with Gasteiger partial charge in [0.15, 0.2) is 0 Å². The fourth-order valence-electron chi connectivity index (χ4n) is 3.46. The molecular formula is C23H22F3N5O2. The van der Waals surface area contributed by atoms with Gasteiger partial charge < -0.3 is 15.0 Å². The van der Waals surface area contributed by atoms with Crippen LogP contribution < -0.4 is 10.1 Å². The summed E-state index contributed by atoms with van der Waals surface area (Å²) in [7, 11) is 1.79. The molecule has 0 spiro atoms. The van der Waals surface area contributed by atoms with Crippen LogP contribution >= 0.6 is 0 Å². The van der Waals surface area contributed by atoms with Crippen LogP contribution in [0.1, 0.15) is 24.0 Å². The lowest BCUT2D eigenvalue weighted by atomic mass is 10.0. The Labute approximate surface area is 188 Å². The highest BCUT2D eigenvalue weighted by Gasteiger charge is 2.30. The standard InChI is InChI=1S/C23H22F3N5O2/c1-30-15-19(14-28-30)29-22(32)31-9-7-16(8-10-31)11-17-3-2-4-20(12-17)33-21-6-5-18(13-27-21)23(24,25)26/h2-6,11-15H,7-10H2,1H3,(H,29,32). The number of halogens is 3. The predicted molar refractivity (Wildman–Crippen MR) is 117 cm³/mol. The zero-order valence-corrected chi connectivity index (χ0v) is 17.8. The lowest BCUT2D eigenvalue weighted by Gasteiger charge is -2.28. The predicted octanol–water partition coefficient (Wildman–Crippen LogP) is 5.34. The van der Waals surface area contributed by atoms with Crippen molar-refractivity contribution in [1.82, 2.24) is 19.7 Å². The van der Waals surface area contributed by atoms with Crippen molar-refractivity contribution < 1.29 is 22.7 Å². The molecule has 1 saturated heterocycles. The quantitative estimate of drug-likeness (QED) is 0.574. The third-order valence-corrected chi connectivity index (χ3v) is 5.16. The van der Waals surface area contributed by atoms with Crippen molar-refractivity contribution >= 4 is 17.8 Å². The number of nitrogens with one attached hydrogen (secondary N) is 1. The van der Waals surface area contributed by atoms with E-state index in [0.29, 0.717) is 24.5 Å². The molecule has 1 aliphatic heterocycles. The van der Waals surface area contributed by atoms with E-state index in [9.17, 15) is 18.0 Å². The van der Waals surface area contributed by atoms with Crippen molar-refractivity contribution in [3.63, 3.8) is 0 Å². The summed E-state index contributed by atoms with van der Waals surface area (Å²) in [6, 6.07) is 9.22. The van der Waals surface area contributed by atoms with Gasteiger partial charge in [0.05, 0.1) is 17.4 Å². The molecule has 0 aliphatic carbocycles. The van der Waals surface area contributed by atoms with Crippen LogP contribution in [-0.4, -0.2) is 38.8 Å². The van der Waals surface area contributed by atoms with Crippen LogP contribution in [0.4, 0.5) is 23.7 Å². The topological polar surface area (TPSA) is 72.3 Å². The molecule has 10 heteroatoms. The Morgan fingerprint density at radius 3 is 2.58 bits per heavy atom. The van der Waals surface area contributed by atoms with Crippen molar-refractivity contribution in [2.24, 2.45) is 7.05 Å². The van der Waals surface area contributed by atoms with E-state index < -0.39 is 11.7 Å². The molecule has 2 aromatic heterocycles. The second kappa shape index (κ2) is 9.35. The summed E-state index contributed by atoms with van der Waals surface area (Å²) in [5.74, 6) is 0.561. The fourth-order valence-corrected chi connectivity index (χ4v) is 3.46. The summed E-state index contributed by atoms with van der Waals surface area (Å²) in [4.78, 5) is 17.9. The van der Waals surface area contributed by atoms with Gasteiger partial charge in [-0.05, 0) is 36.6 Å². The molecule has 4 rings (SSSR count). The van der Waals surface area contributed by atoms with Crippen molar-refractivity contribution in [3.05, 3.63) is 71.7 Å². The molecule has 2 amide bonds. The Morgan fingerprint density at radius 2 is 1.94 bits per heavy atom. The summed E-state index contributed by atoms with van der Waals surface area (Å²) in [5.41, 5.74) is 1.94. The van der Waals surface area contributed by atoms with Crippen LogP contribution in [0.15, 0.2) is 60.6 Å². The Hall–Kier alpha value is -3.82. The fraction of sp³-hybridized carbons (Fsp3) is 0.261. The number of ether oxygens (including phenoxy) is 1. The largest absolute Gasteiger partial charge is 0.439 e. The molecule has 33 heavy (non-hydrogen) atoms. The Morgan fingerprint density at radius 1 is 1.15 bits per heavy atom. The maximum Gasteiger partial charge on any atom is 0.417 e. The molecule has 1 N–H and O–H groups in total. The van der Waals surface area contributed by atoms with Gasteiger partial charge in [0.25, 0.3) is 0 Å². The van der Waals surface area contributed by atoms with E-state index in [2.05, 4.69) is 15.4 Å². The normalized spacial score (nSPS) is 14.2. The molecule has 1 fully saturated rings. The van der Waals surface area contributed by atoms with Crippen LogP contribution in [0.3, 0.4) is 0 Å². The average molecular weight is 457 g/mol. The maximum absolute atomic E-state index is 12.7. The minimum atomic E-state index is -4.44. The number of carbonyl (C=O) groups excluding carboxylic acids is 1. The van der Waals surface area contributed by atoms with Gasteiger partial charge in [0, 0.05) is 38.6 Å². The van der Waals surface area contributed by atoms with E-state index in [-0.39, 0.29) is 11.9 Å². The number of hydrogen-bond acceptors (Lipinski definition) is 4. The number of aromatic nitrogens is 3. The number of likely N-dealkylation sites (tertiary alicyclic amines) is 1. The number of pyridine rings is 1. The number of anilines is 1. The van der Waals surface area contributed by atoms with Crippen molar-refractivity contribution in [3.8, 4) is 11.6 Å². The highest BCUT2D eigenvalue weighted by atomic mass is 19.4. The average Bonchev–Trinajstić information content (AvgIpc) is 3.19. The first-order valence-corrected chi connectivity index (χ1v) is 10.3. The minimum absolute atomic E-state index is 0.0840. The first-order valence-electron chi connectivity index (χ1n) is 10.3. The van der Waals surface area contributed by atoms with Gasteiger partial charge in [0.2, 0.25) is 5.88 Å². The Kier molecular flexibility index (Phi) is 6.34. The molecule has 3 aromatic rings. The monoisotopic (exact) mass is 457 g/mol. The van der Waals surface area contributed by atoms with Crippen molar-refractivity contribution in [2.45, 2.75) is 19.0 Å². The van der Waals surface area contributed by atoms with Crippen LogP contribution in [0.5, 0.6) is 11.6 Å². The summed E-state index contributed by atoms with van der Waals surface area (Å²) < 4.78 is 45.3. The summed E-state index contributed by atoms with van der Waals surface area (Å²) >= 11 is 0. The summed E-state index contributed by atoms with van der Waals surface area (Å²) in [6.07, 6.45) is 3.18. The number of rotatable bonds is 4. The minimum Gasteiger partial charge on any atom is -0.439 e. The number of alkyl halides is 3. The molecule has 1 aromatic carbocycles. The van der Waals surface area contributed by atoms with E-state index in [1.807, 2.05) is 18.2 Å². The van der Waals surface area contributed by atoms with Gasteiger partial charge >= 0.3 is 12.2 Å². The number of hydrogen-bond donors (Lipinski definition) is 1. The van der Waals surface area contributed by atoms with E-state index >= 15 is 0 Å². The molecule has 0 unspecified atom stereocenters. The third-order valence-electron chi connectivity index (χ3n) is 5.16. The molecular weight excluding hydrogens is 435 g/mol. The molecule has 3 heterocycles. The lowest BCUT2D eigenvalue weighted by Crippen LogP contribution is -2.39. The summed E-state index contributed by atoms with van der Waals surface area (Å²) in [6.45, 7) is 1.20. The number of nitrogens with zero attached hydrogens (tertiary/aromatic N) is 4. The molecule has 0 bridgehead atoms. The second-order valence-corrected chi connectivity index (χ2v) is 7.68. The number of urea groups is 1. The van der Waals surface area contributed by atoms with Gasteiger partial charge in [-0.2, -0.15) is 18.3 Å². The Bertz CT molecular complexity index is 1150. The van der Waals surface area contributed by atoms with E-state index in [0.717, 1.165) is 30.7 Å². The van der Waals surface area contributed by atoms with Gasteiger partial charge in [-0.15, -0.1) is 0 Å². The highest BCUT2D eigenvalue weighted by Crippen LogP contribution is 2.30. The first kappa shape index (κ1) is 22.4. The number of aryl methyl sites for hydroxylation is 1. The zero-order chi connectivity index (χ0) is 23.4. The van der Waals surface area contributed by atoms with Gasteiger partial charge in [-0.3, -0.25) is 4.68 Å². The number of piperidine rings is 1. The number of carbonyl (C=O) groups is 1. The SMILES string of the molecule is Cn1cc(NC(=O)N2CCC(=Cc3cccc(Oc4ccc(C(F)(F)F)cn4)c3)CC2)cn1. The van der Waals surface area contributed by atoms with Gasteiger partial charge in [-0.25, -0.2) is 9.78 Å². The number of amides is 2. The van der Waals surface area contributed by atoms with Crippen LogP contribution in [0, 0.1) is 0 Å². The molecule has 0 saturated carbocycles. The smallest absolute Gasteiger partial charge is 0.417 e. The first-order chi connectivity index (χ1) is 15.8. The Balaban J connectivity index is 1.34. The van der Waals surface area contributed by atoms with Gasteiger partial charge in [0.1, 0.15) is 5.75 Å². The van der Waals surface area contributed by atoms with Crippen LogP contribution in [0.2, 0.25) is 0 Å². The van der Waals surface area contributed by atoms with Gasteiger partial charge in [-0.1, -0.05) is 23.8 Å². The number of benzene rings is 1. The van der Waals surface area contributed by atoms with Crippen molar-refractivity contribution in [2.75, 3.05) is 18.4 Å².